The fourth-order valence-electron chi connectivity index (χ4n) is 4.43. The van der Waals surface area contributed by atoms with Gasteiger partial charge in [0.15, 0.2) is 0 Å². The van der Waals surface area contributed by atoms with Crippen molar-refractivity contribution in [2.24, 2.45) is 5.92 Å². The number of nitrogens with zero attached hydrogens (tertiary/aromatic N) is 1. The molecule has 0 saturated heterocycles. The standard InChI is InChI=1S/C25H29N3O2/c1-4-17-8-5-6-11-21(17)26-23(29)15-28(3)25(30)19-10-7-9-18-20-14-16(2)12-13-22(20)27-24(18)19/h5-11,16,27H,4,12-15H2,1-3H3,(H,26,29). The van der Waals surface area contributed by atoms with Gasteiger partial charge in [-0.1, -0.05) is 44.2 Å². The van der Waals surface area contributed by atoms with E-state index in [9.17, 15) is 9.59 Å². The average Bonchev–Trinajstić information content (AvgIpc) is 3.11. The number of nitrogens with one attached hydrogen (secondary N) is 2. The first-order valence-corrected chi connectivity index (χ1v) is 10.7. The van der Waals surface area contributed by atoms with E-state index in [2.05, 4.69) is 30.2 Å². The van der Waals surface area contributed by atoms with Gasteiger partial charge in [-0.15, -0.1) is 0 Å². The second kappa shape index (κ2) is 8.34. The Bertz CT molecular complexity index is 1100. The predicted octanol–water partition coefficient (Wildman–Crippen LogP) is 4.57. The zero-order valence-corrected chi connectivity index (χ0v) is 17.9. The highest BCUT2D eigenvalue weighted by atomic mass is 16.2. The fourth-order valence-corrected chi connectivity index (χ4v) is 4.43. The van der Waals surface area contributed by atoms with Crippen molar-refractivity contribution in [2.75, 3.05) is 18.9 Å². The van der Waals surface area contributed by atoms with Crippen LogP contribution in [0.1, 0.15) is 47.4 Å². The average molecular weight is 404 g/mol. The van der Waals surface area contributed by atoms with E-state index in [-0.39, 0.29) is 18.4 Å². The number of carbonyl (C=O) groups is 2. The number of likely N-dealkylation sites (N-methyl/N-ethyl adjacent to an activating group) is 1. The molecule has 5 nitrogen and oxygen atoms in total. The zero-order valence-electron chi connectivity index (χ0n) is 17.9. The van der Waals surface area contributed by atoms with Gasteiger partial charge in [0.1, 0.15) is 0 Å². The van der Waals surface area contributed by atoms with E-state index in [1.54, 1.807) is 7.05 Å². The molecule has 2 N–H and O–H groups in total. The van der Waals surface area contributed by atoms with Crippen LogP contribution in [-0.4, -0.2) is 35.3 Å². The number of aromatic nitrogens is 1. The van der Waals surface area contributed by atoms with Gasteiger partial charge in [-0.2, -0.15) is 0 Å². The number of rotatable bonds is 5. The number of H-pyrrole nitrogens is 1. The first-order valence-electron chi connectivity index (χ1n) is 10.7. The Morgan fingerprint density at radius 3 is 2.77 bits per heavy atom. The minimum atomic E-state index is -0.196. The van der Waals surface area contributed by atoms with Crippen molar-refractivity contribution in [1.29, 1.82) is 0 Å². The summed E-state index contributed by atoms with van der Waals surface area (Å²) in [4.78, 5) is 30.7. The van der Waals surface area contributed by atoms with E-state index in [0.717, 1.165) is 41.4 Å². The number of hydrogen-bond acceptors (Lipinski definition) is 2. The van der Waals surface area contributed by atoms with Gasteiger partial charge in [-0.25, -0.2) is 0 Å². The summed E-state index contributed by atoms with van der Waals surface area (Å²) in [5.74, 6) is 0.318. The second-order valence-corrected chi connectivity index (χ2v) is 8.38. The summed E-state index contributed by atoms with van der Waals surface area (Å²) in [5.41, 5.74) is 5.99. The summed E-state index contributed by atoms with van der Waals surface area (Å²) >= 11 is 0. The third-order valence-corrected chi connectivity index (χ3v) is 6.10. The maximum absolute atomic E-state index is 13.2. The number of hydrogen-bond donors (Lipinski definition) is 2. The van der Waals surface area contributed by atoms with Gasteiger partial charge in [0.25, 0.3) is 5.91 Å². The highest BCUT2D eigenvalue weighted by molar-refractivity contribution is 6.08. The molecule has 5 heteroatoms. The molecule has 1 unspecified atom stereocenters. The molecule has 30 heavy (non-hydrogen) atoms. The van der Waals surface area contributed by atoms with Crippen LogP contribution in [0.2, 0.25) is 0 Å². The lowest BCUT2D eigenvalue weighted by Crippen LogP contribution is -2.35. The summed E-state index contributed by atoms with van der Waals surface area (Å²) < 4.78 is 0. The van der Waals surface area contributed by atoms with E-state index in [0.29, 0.717) is 11.5 Å². The molecule has 0 saturated carbocycles. The molecule has 1 heterocycles. The molecule has 2 amide bonds. The molecule has 0 bridgehead atoms. The Labute approximate surface area is 177 Å². The molecule has 0 fully saturated rings. The van der Waals surface area contributed by atoms with Gasteiger partial charge >= 0.3 is 0 Å². The molecule has 1 aliphatic carbocycles. The van der Waals surface area contributed by atoms with E-state index in [1.807, 2.05) is 36.4 Å². The van der Waals surface area contributed by atoms with Gasteiger partial charge in [0.2, 0.25) is 5.91 Å². The fraction of sp³-hybridized carbons (Fsp3) is 0.360. The number of fused-ring (bicyclic) bond motifs is 3. The number of anilines is 1. The molecule has 1 aliphatic rings. The van der Waals surface area contributed by atoms with Crippen molar-refractivity contribution in [3.63, 3.8) is 0 Å². The van der Waals surface area contributed by atoms with Crippen LogP contribution >= 0.6 is 0 Å². The van der Waals surface area contributed by atoms with E-state index >= 15 is 0 Å². The van der Waals surface area contributed by atoms with Crippen molar-refractivity contribution < 1.29 is 9.59 Å². The van der Waals surface area contributed by atoms with Crippen molar-refractivity contribution in [2.45, 2.75) is 39.5 Å². The molecule has 1 aromatic heterocycles. The molecule has 0 spiro atoms. The molecule has 2 aromatic carbocycles. The highest BCUT2D eigenvalue weighted by Crippen LogP contribution is 2.33. The lowest BCUT2D eigenvalue weighted by Gasteiger charge is -2.18. The number of para-hydroxylation sites is 2. The number of aromatic amines is 1. The van der Waals surface area contributed by atoms with Gasteiger partial charge in [0.05, 0.1) is 17.6 Å². The third-order valence-electron chi connectivity index (χ3n) is 6.10. The van der Waals surface area contributed by atoms with Crippen LogP contribution in [0.25, 0.3) is 10.9 Å². The molecule has 4 rings (SSSR count). The zero-order chi connectivity index (χ0) is 21.3. The Kier molecular flexibility index (Phi) is 5.62. The highest BCUT2D eigenvalue weighted by Gasteiger charge is 2.24. The Morgan fingerprint density at radius 1 is 1.17 bits per heavy atom. The molecule has 0 aliphatic heterocycles. The van der Waals surface area contributed by atoms with E-state index in [1.165, 1.54) is 22.6 Å². The first kappa shape index (κ1) is 20.2. The summed E-state index contributed by atoms with van der Waals surface area (Å²) in [7, 11) is 1.68. The van der Waals surface area contributed by atoms with Crippen molar-refractivity contribution in [1.82, 2.24) is 9.88 Å². The van der Waals surface area contributed by atoms with Gasteiger partial charge in [-0.3, -0.25) is 9.59 Å². The maximum Gasteiger partial charge on any atom is 0.256 e. The monoisotopic (exact) mass is 403 g/mol. The Hall–Kier alpha value is -3.08. The minimum absolute atomic E-state index is 0.00469. The van der Waals surface area contributed by atoms with E-state index in [4.69, 9.17) is 0 Å². The predicted molar refractivity (Wildman–Crippen MR) is 121 cm³/mol. The van der Waals surface area contributed by atoms with Gasteiger partial charge in [-0.05, 0) is 54.9 Å². The van der Waals surface area contributed by atoms with E-state index < -0.39 is 0 Å². The third kappa shape index (κ3) is 3.84. The molecular formula is C25H29N3O2. The molecule has 0 radical (unpaired) electrons. The number of aryl methyl sites for hydroxylation is 2. The first-order chi connectivity index (χ1) is 14.5. The van der Waals surface area contributed by atoms with Crippen LogP contribution in [0.15, 0.2) is 42.5 Å². The quantitative estimate of drug-likeness (QED) is 0.656. The summed E-state index contributed by atoms with van der Waals surface area (Å²) in [6.07, 6.45) is 4.07. The lowest BCUT2D eigenvalue weighted by molar-refractivity contribution is -0.116. The van der Waals surface area contributed by atoms with Crippen LogP contribution in [0.4, 0.5) is 5.69 Å². The minimum Gasteiger partial charge on any atom is -0.358 e. The summed E-state index contributed by atoms with van der Waals surface area (Å²) in [5, 5.41) is 4.08. The smallest absolute Gasteiger partial charge is 0.256 e. The van der Waals surface area contributed by atoms with Gasteiger partial charge < -0.3 is 15.2 Å². The SMILES string of the molecule is CCc1ccccc1NC(=O)CN(C)C(=O)c1cccc2c3c([nH]c12)CCC(C)C3. The number of benzene rings is 2. The van der Waals surface area contributed by atoms with Gasteiger partial charge in [0, 0.05) is 23.8 Å². The van der Waals surface area contributed by atoms with Crippen LogP contribution in [0.3, 0.4) is 0 Å². The topological polar surface area (TPSA) is 65.2 Å². The molecule has 156 valence electrons. The second-order valence-electron chi connectivity index (χ2n) is 8.38. The van der Waals surface area contributed by atoms with Crippen LogP contribution in [-0.2, 0) is 24.1 Å². The normalized spacial score (nSPS) is 15.6. The molecular weight excluding hydrogens is 374 g/mol. The molecule has 3 aromatic rings. The largest absolute Gasteiger partial charge is 0.358 e. The Balaban J connectivity index is 1.53. The maximum atomic E-state index is 13.2. The van der Waals surface area contributed by atoms with Crippen molar-refractivity contribution in [3.05, 3.63) is 64.8 Å². The van der Waals surface area contributed by atoms with Crippen molar-refractivity contribution >= 4 is 28.4 Å². The number of amides is 2. The van der Waals surface area contributed by atoms with Crippen LogP contribution < -0.4 is 5.32 Å². The van der Waals surface area contributed by atoms with Crippen LogP contribution in [0, 0.1) is 5.92 Å². The van der Waals surface area contributed by atoms with Crippen molar-refractivity contribution in [3.8, 4) is 0 Å². The molecule has 1 atom stereocenters. The lowest BCUT2D eigenvalue weighted by atomic mass is 9.87. The summed E-state index contributed by atoms with van der Waals surface area (Å²) in [6, 6.07) is 13.6. The number of carbonyl (C=O) groups excluding carboxylic acids is 2. The van der Waals surface area contributed by atoms with Crippen LogP contribution in [0.5, 0.6) is 0 Å². The summed E-state index contributed by atoms with van der Waals surface area (Å²) in [6.45, 7) is 4.34. The Morgan fingerprint density at radius 2 is 1.97 bits per heavy atom.